The Morgan fingerprint density at radius 3 is 1.42 bits per heavy atom. The number of carbonyl (C=O) groups is 4. The number of nitrogens with zero attached hydrogens (tertiary/aromatic N) is 4. The van der Waals surface area contributed by atoms with Gasteiger partial charge in [-0.05, 0) is 154 Å². The van der Waals surface area contributed by atoms with Gasteiger partial charge < -0.3 is 53.3 Å². The van der Waals surface area contributed by atoms with Crippen molar-refractivity contribution in [3.8, 4) is 6.07 Å². The van der Waals surface area contributed by atoms with Crippen LogP contribution in [-0.2, 0) is 76.4 Å². The van der Waals surface area contributed by atoms with Gasteiger partial charge in [0.25, 0.3) is 18.6 Å². The van der Waals surface area contributed by atoms with E-state index in [4.69, 9.17) is 27.1 Å². The quantitative estimate of drug-likeness (QED) is 0.0103. The Hall–Kier alpha value is -5.82. The van der Waals surface area contributed by atoms with E-state index < -0.39 is 125 Å². The van der Waals surface area contributed by atoms with E-state index in [0.717, 1.165) is 18.6 Å². The largest absolute Gasteiger partial charge is 0.471 e. The first kappa shape index (κ1) is 92.6. The Balaban J connectivity index is 1.75. The van der Waals surface area contributed by atoms with Gasteiger partial charge in [0.15, 0.2) is 5.71 Å². The Labute approximate surface area is 611 Å². The molecule has 0 saturated carbocycles. The number of amides is 4. The summed E-state index contributed by atoms with van der Waals surface area (Å²) in [6, 6.07) is 11.7. The van der Waals surface area contributed by atoms with E-state index in [1.165, 1.54) is 18.2 Å². The van der Waals surface area contributed by atoms with Crippen LogP contribution in [0.25, 0.3) is 0 Å². The Morgan fingerprint density at radius 2 is 1.00 bits per heavy atom. The molecule has 2 aliphatic heterocycles. The first-order chi connectivity index (χ1) is 49.3. The van der Waals surface area contributed by atoms with Crippen molar-refractivity contribution in [2.45, 2.75) is 193 Å². The van der Waals surface area contributed by atoms with Crippen molar-refractivity contribution in [1.82, 2.24) is 25.9 Å². The number of fused-ring (bicyclic) bond motifs is 2. The minimum atomic E-state index is -5.13. The molecule has 0 aliphatic carbocycles. The predicted molar refractivity (Wildman–Crippen MR) is 375 cm³/mol. The maximum Gasteiger partial charge on any atom is 0.471 e. The molecule has 1 atom stereocenters. The van der Waals surface area contributed by atoms with Gasteiger partial charge in [-0.25, -0.2) is 4.67 Å². The molecule has 2 aliphatic rings. The predicted octanol–water partition coefficient (Wildman–Crippen LogP) is 13.5. The number of halogens is 12. The number of hydrogen-bond donors (Lipinski definition) is 5. The van der Waals surface area contributed by atoms with Gasteiger partial charge >= 0.3 is 63.5 Å². The summed E-state index contributed by atoms with van der Waals surface area (Å²) in [4.78, 5) is 47.4. The summed E-state index contributed by atoms with van der Waals surface area (Å²) in [5.41, 5.74) is 1.82. The number of anilines is 1. The zero-order valence-electron chi connectivity index (χ0n) is 60.3. The van der Waals surface area contributed by atoms with E-state index in [-0.39, 0.29) is 126 Å². The second-order valence-corrected chi connectivity index (χ2v) is 33.3. The van der Waals surface area contributed by atoms with Gasteiger partial charge in [-0.1, -0.05) is 38.5 Å². The fraction of sp³-hybridized carbons (Fsp3) is 0.642. The lowest BCUT2D eigenvalue weighted by Crippen LogP contribution is -2.37. The van der Waals surface area contributed by atoms with E-state index in [2.05, 4.69) is 15.3 Å². The van der Waals surface area contributed by atoms with Crippen molar-refractivity contribution in [3.63, 3.8) is 0 Å². The highest BCUT2D eigenvalue weighted by Crippen LogP contribution is 2.54. The molecule has 4 rings (SSSR count). The van der Waals surface area contributed by atoms with Crippen molar-refractivity contribution in [2.24, 2.45) is 0 Å². The van der Waals surface area contributed by atoms with Crippen molar-refractivity contribution in [2.75, 3.05) is 89.6 Å². The topological polar surface area (TPSA) is 294 Å². The van der Waals surface area contributed by atoms with Gasteiger partial charge in [0, 0.05) is 85.7 Å². The van der Waals surface area contributed by atoms with Crippen LogP contribution in [0.15, 0.2) is 72.5 Å². The molecule has 106 heavy (non-hydrogen) atoms. The van der Waals surface area contributed by atoms with Crippen LogP contribution in [0.5, 0.6) is 0 Å². The summed E-state index contributed by atoms with van der Waals surface area (Å²) < 4.78 is 258. The molecule has 0 radical (unpaired) electrons. The highest BCUT2D eigenvalue weighted by Gasteiger charge is 2.47. The van der Waals surface area contributed by atoms with Crippen LogP contribution in [-0.4, -0.2) is 173 Å². The second-order valence-electron chi connectivity index (χ2n) is 26.2. The average Bonchev–Trinajstić information content (AvgIpc) is 1.59. The van der Waals surface area contributed by atoms with Gasteiger partial charge in [0.1, 0.15) is 6.54 Å². The minimum Gasteiger partial charge on any atom is -0.348 e. The molecule has 598 valence electrons. The van der Waals surface area contributed by atoms with E-state index in [0.29, 0.717) is 54.2 Å². The van der Waals surface area contributed by atoms with Crippen LogP contribution in [0.1, 0.15) is 156 Å². The minimum absolute atomic E-state index is 0.00193. The molecule has 2 heterocycles. The summed E-state index contributed by atoms with van der Waals surface area (Å²) in [6.45, 7) is 13.7. The van der Waals surface area contributed by atoms with Gasteiger partial charge in [-0.15, -0.1) is 0 Å². The molecular weight excluding hydrogens is 1510 g/mol. The molecule has 4 amide bonds. The lowest BCUT2D eigenvalue weighted by Gasteiger charge is -2.35. The van der Waals surface area contributed by atoms with Crippen molar-refractivity contribution in [1.29, 1.82) is 5.26 Å². The van der Waals surface area contributed by atoms with E-state index >= 15 is 4.57 Å². The molecule has 2 aromatic carbocycles. The average molecular weight is 1610 g/mol. The van der Waals surface area contributed by atoms with Crippen molar-refractivity contribution in [3.05, 3.63) is 83.6 Å². The summed E-state index contributed by atoms with van der Waals surface area (Å²) in [5, 5.41) is 16.2. The standard InChI is InChI=1S/C67H95F12N8O15P3S/c1-48(2)87(49(3)4)103(98-40-24-32-80)97-39-19-10-9-18-37-85-54-30-28-50(104(92,99-41-20-14-33-81-58(88)64(68,69)70)100-42-21-15-34-82-59(89)65(71,72)73)46-52(54)62(5,6)56(85)26-12-11-13-27-57-63(7,8)53-47-51(29-31-55(53)86(57)38-25-45-106(94,95)96)105(93,101-43-22-16-35-83-60(90)66(74,75)76)102-44-23-17-36-84-61(91)67(77,78)79/h11-13,26-31,46-49H,9-10,14-25,33-45H2,1-8H3,(H4-,81,82,83,84,88,89,90,91,94,95,96)/p+1. The van der Waals surface area contributed by atoms with Crippen molar-refractivity contribution < 1.29 is 126 Å². The first-order valence-electron chi connectivity index (χ1n) is 34.5. The molecule has 0 bridgehead atoms. The number of nitrogens with one attached hydrogen (secondary N) is 4. The number of alkyl halides is 12. The summed E-state index contributed by atoms with van der Waals surface area (Å²) >= 11 is 0. The normalized spacial score (nSPS) is 15.7. The Kier molecular flexibility index (Phi) is 36.5. The van der Waals surface area contributed by atoms with Crippen molar-refractivity contribution >= 4 is 85.2 Å². The third kappa shape index (κ3) is 29.2. The molecule has 23 nitrogen and oxygen atoms in total. The molecule has 0 saturated heterocycles. The molecular formula is C67H96F12N8O15P3S+. The monoisotopic (exact) mass is 1610 g/mol. The molecule has 1 unspecified atom stereocenters. The van der Waals surface area contributed by atoms with Crippen LogP contribution in [0.2, 0.25) is 0 Å². The van der Waals surface area contributed by atoms with Crippen LogP contribution in [0, 0.1) is 11.3 Å². The molecule has 5 N–H and O–H groups in total. The van der Waals surface area contributed by atoms with Gasteiger partial charge in [-0.3, -0.25) is 32.9 Å². The Morgan fingerprint density at radius 1 is 0.585 bits per heavy atom. The van der Waals surface area contributed by atoms with Crippen LogP contribution >= 0.6 is 23.7 Å². The highest BCUT2D eigenvalue weighted by atomic mass is 32.2. The number of benzene rings is 2. The lowest BCUT2D eigenvalue weighted by molar-refractivity contribution is -0.438. The molecule has 2 aromatic rings. The van der Waals surface area contributed by atoms with Crippen LogP contribution in [0.4, 0.5) is 64.1 Å². The fourth-order valence-electron chi connectivity index (χ4n) is 11.3. The van der Waals surface area contributed by atoms with Crippen LogP contribution < -0.4 is 36.8 Å². The summed E-state index contributed by atoms with van der Waals surface area (Å²) in [5.74, 6) is -9.27. The summed E-state index contributed by atoms with van der Waals surface area (Å²) in [6.07, 6.45) is -9.00. The van der Waals surface area contributed by atoms with Gasteiger partial charge in [0.2, 0.25) is 5.69 Å². The van der Waals surface area contributed by atoms with Crippen LogP contribution in [0.3, 0.4) is 0 Å². The highest BCUT2D eigenvalue weighted by molar-refractivity contribution is 7.85. The Bertz CT molecular complexity index is 3550. The first-order valence-corrected chi connectivity index (χ1v) is 40.3. The zero-order valence-corrected chi connectivity index (χ0v) is 63.8. The number of rotatable bonds is 47. The number of unbranched alkanes of at least 4 members (excludes halogenated alkanes) is 7. The maximum atomic E-state index is 15.0. The number of carbonyl (C=O) groups excluding carboxylic acids is 4. The second kappa shape index (κ2) is 41.8. The lowest BCUT2D eigenvalue weighted by atomic mass is 9.81. The maximum absolute atomic E-state index is 15.0. The van der Waals surface area contributed by atoms with Gasteiger partial charge in [-0.2, -0.15) is 70.9 Å². The fourth-order valence-corrected chi connectivity index (χ4v) is 16.8. The molecule has 0 aromatic heterocycles. The number of nitriles is 1. The molecule has 0 spiro atoms. The van der Waals surface area contributed by atoms with E-state index in [1.807, 2.05) is 61.5 Å². The van der Waals surface area contributed by atoms with E-state index in [1.54, 1.807) is 68.7 Å². The number of allylic oxidation sites excluding steroid dienone is 6. The summed E-state index contributed by atoms with van der Waals surface area (Å²) in [7, 11) is -14.7. The number of hydrogen-bond acceptors (Lipinski definition) is 17. The molecule has 0 fully saturated rings. The molecule has 39 heteroatoms. The van der Waals surface area contributed by atoms with Gasteiger partial charge in [0.05, 0.1) is 73.9 Å². The third-order valence-corrected chi connectivity index (χ3v) is 23.4. The smallest absolute Gasteiger partial charge is 0.348 e. The third-order valence-electron chi connectivity index (χ3n) is 16.5. The zero-order chi connectivity index (χ0) is 79.5. The van der Waals surface area contributed by atoms with E-state index in [9.17, 15) is 94.7 Å². The SMILES string of the molecule is CC(C)N(C(C)C)P(OCCC#N)OCCCCCC[N+]1=C(/C=C/C=C/C=C2\N(CCCS(=O)(=O)O)c3ccc(P(=O)(OCCCCNC(=O)C(F)(F)F)OCCCCNC(=O)C(F)(F)F)cc3C2(C)C)C(C)(C)c2cc(P(=O)(OCCCCNC(=O)C(F)(F)F)OCCCCNC(=O)C(F)(F)F)ccc21.